The molecule has 3 rings (SSSR count). The fourth-order valence-electron chi connectivity index (χ4n) is 3.92. The Morgan fingerprint density at radius 2 is 1.97 bits per heavy atom. The number of aromatic nitrogens is 2. The highest BCUT2D eigenvalue weighted by molar-refractivity contribution is 7.98. The lowest BCUT2D eigenvalue weighted by Gasteiger charge is -2.38. The molecule has 1 N–H and O–H groups in total. The highest BCUT2D eigenvalue weighted by Gasteiger charge is 2.33. The Morgan fingerprint density at radius 3 is 2.57 bits per heavy atom. The van der Waals surface area contributed by atoms with Crippen molar-refractivity contribution in [3.8, 4) is 5.75 Å². The molecule has 7 nitrogen and oxygen atoms in total. The molecule has 1 aliphatic rings. The number of nitrogens with zero attached hydrogens (tertiary/aromatic N) is 3. The topological polar surface area (TPSA) is 76.5 Å². The molecule has 1 aliphatic heterocycles. The molecule has 1 amide bonds. The predicted octanol–water partition coefficient (Wildman–Crippen LogP) is 5.28. The van der Waals surface area contributed by atoms with Gasteiger partial charge in [-0.2, -0.15) is 0 Å². The Morgan fingerprint density at radius 1 is 1.31 bits per heavy atom. The van der Waals surface area contributed by atoms with E-state index in [1.165, 1.54) is 17.0 Å². The maximum Gasteiger partial charge on any atom is 0.273 e. The number of piperidine rings is 1. The number of hydrogen-bond donors (Lipinski definition) is 1. The number of rotatable bonds is 8. The van der Waals surface area contributed by atoms with Gasteiger partial charge in [0.2, 0.25) is 0 Å². The van der Waals surface area contributed by atoms with Crippen molar-refractivity contribution in [1.29, 1.82) is 0 Å². The molecule has 0 saturated carbocycles. The van der Waals surface area contributed by atoms with Crippen molar-refractivity contribution >= 4 is 41.1 Å². The summed E-state index contributed by atoms with van der Waals surface area (Å²) in [4.78, 5) is 30.4. The molecule has 2 aromatic rings. The van der Waals surface area contributed by atoms with E-state index >= 15 is 0 Å². The molecule has 1 fully saturated rings. The van der Waals surface area contributed by atoms with E-state index in [2.05, 4.69) is 37.1 Å². The van der Waals surface area contributed by atoms with E-state index in [1.807, 2.05) is 6.07 Å². The van der Waals surface area contributed by atoms with Gasteiger partial charge in [-0.25, -0.2) is 4.98 Å². The minimum atomic E-state index is -0.248. The first-order valence-electron chi connectivity index (χ1n) is 11.5. The third kappa shape index (κ3) is 7.26. The van der Waals surface area contributed by atoms with Gasteiger partial charge in [0.05, 0.1) is 16.2 Å². The van der Waals surface area contributed by atoms with Crippen molar-refractivity contribution in [2.24, 2.45) is 13.0 Å². The molecule has 0 aliphatic carbocycles. The third-order valence-corrected chi connectivity index (χ3v) is 7.44. The van der Waals surface area contributed by atoms with Crippen LogP contribution in [0.2, 0.25) is 10.0 Å². The summed E-state index contributed by atoms with van der Waals surface area (Å²) in [5.41, 5.74) is 0.956. The van der Waals surface area contributed by atoms with Gasteiger partial charge < -0.3 is 14.2 Å². The molecule has 0 bridgehead atoms. The van der Waals surface area contributed by atoms with Crippen molar-refractivity contribution < 1.29 is 9.53 Å². The van der Waals surface area contributed by atoms with Crippen molar-refractivity contribution in [3.63, 3.8) is 0 Å². The van der Waals surface area contributed by atoms with Crippen LogP contribution in [0.1, 0.15) is 55.7 Å². The fourth-order valence-corrected chi connectivity index (χ4v) is 5.04. The smallest absolute Gasteiger partial charge is 0.273 e. The van der Waals surface area contributed by atoms with Crippen LogP contribution in [0.15, 0.2) is 42.0 Å². The normalized spacial score (nSPS) is 15.7. The first-order valence-corrected chi connectivity index (χ1v) is 13.1. The molecule has 10 heteroatoms. The van der Waals surface area contributed by atoms with Crippen LogP contribution in [0.5, 0.6) is 5.75 Å². The Labute approximate surface area is 221 Å². The number of ether oxygens (including phenoxy) is 1. The van der Waals surface area contributed by atoms with Crippen LogP contribution >= 0.6 is 35.1 Å². The number of hydrogen-bond acceptors (Lipinski definition) is 6. The lowest BCUT2D eigenvalue weighted by atomic mass is 9.85. The van der Waals surface area contributed by atoms with E-state index in [-0.39, 0.29) is 33.9 Å². The van der Waals surface area contributed by atoms with E-state index in [1.54, 1.807) is 36.0 Å². The van der Waals surface area contributed by atoms with Crippen molar-refractivity contribution in [2.45, 2.75) is 44.4 Å². The number of nitrogens with one attached hydrogen (secondary N) is 1. The van der Waals surface area contributed by atoms with Crippen LogP contribution in [-0.4, -0.2) is 44.8 Å². The van der Waals surface area contributed by atoms with Crippen molar-refractivity contribution in [3.05, 3.63) is 68.8 Å². The molecule has 1 atom stereocenters. The van der Waals surface area contributed by atoms with Gasteiger partial charge in [0.1, 0.15) is 18.1 Å². The summed E-state index contributed by atoms with van der Waals surface area (Å²) in [5.74, 6) is 0.724. The quantitative estimate of drug-likeness (QED) is 0.363. The molecule has 0 radical (unpaired) electrons. The van der Waals surface area contributed by atoms with Gasteiger partial charge in [0.15, 0.2) is 0 Å². The van der Waals surface area contributed by atoms with E-state index in [0.717, 1.165) is 18.4 Å². The van der Waals surface area contributed by atoms with Crippen molar-refractivity contribution in [2.75, 3.05) is 19.7 Å². The molecule has 2 heterocycles. The SMILES string of the molecule is C=CCOc1cc(Cl)c(Cl)cc1C(NSC(C)(C)C)C1CCN(C(=O)c2cn(C)c(=O)cn2)CC1. The van der Waals surface area contributed by atoms with Crippen molar-refractivity contribution in [1.82, 2.24) is 19.2 Å². The van der Waals surface area contributed by atoms with E-state index in [9.17, 15) is 9.59 Å². The lowest BCUT2D eigenvalue weighted by Crippen LogP contribution is -2.42. The molecule has 1 aromatic heterocycles. The lowest BCUT2D eigenvalue weighted by molar-refractivity contribution is 0.0668. The van der Waals surface area contributed by atoms with Gasteiger partial charge in [-0.05, 0) is 45.6 Å². The summed E-state index contributed by atoms with van der Waals surface area (Å²) in [6, 6.07) is 3.56. The molecule has 1 saturated heterocycles. The van der Waals surface area contributed by atoms with Gasteiger partial charge in [-0.15, -0.1) is 0 Å². The highest BCUT2D eigenvalue weighted by atomic mass is 35.5. The summed E-state index contributed by atoms with van der Waals surface area (Å²) in [7, 11) is 1.61. The summed E-state index contributed by atoms with van der Waals surface area (Å²) in [6.45, 7) is 11.7. The Bertz CT molecular complexity index is 1120. The van der Waals surface area contributed by atoms with Gasteiger partial charge in [0, 0.05) is 48.8 Å². The Balaban J connectivity index is 1.83. The van der Waals surface area contributed by atoms with Crippen LogP contribution in [0.3, 0.4) is 0 Å². The average molecular weight is 540 g/mol. The van der Waals surface area contributed by atoms with Gasteiger partial charge >= 0.3 is 0 Å². The average Bonchev–Trinajstić information content (AvgIpc) is 2.81. The van der Waals surface area contributed by atoms with Crippen LogP contribution in [0.25, 0.3) is 0 Å². The van der Waals surface area contributed by atoms with E-state index < -0.39 is 0 Å². The molecular formula is C25H32Cl2N4O3S. The Hall–Kier alpha value is -2.00. The van der Waals surface area contributed by atoms with Crippen LogP contribution in [-0.2, 0) is 7.05 Å². The summed E-state index contributed by atoms with van der Waals surface area (Å²) in [5, 5.41) is 0.899. The number of halogens is 2. The first kappa shape index (κ1) is 27.6. The number of benzene rings is 1. The second-order valence-corrected chi connectivity index (χ2v) is 12.0. The Kier molecular flexibility index (Phi) is 9.32. The minimum Gasteiger partial charge on any atom is -0.489 e. The zero-order valence-electron chi connectivity index (χ0n) is 20.5. The standard InChI is InChI=1S/C25H32Cl2N4O3S/c1-6-11-34-21-13-19(27)18(26)12-17(21)23(29-35-25(2,3)4)16-7-9-31(10-8-16)24(33)20-15-30(5)22(32)14-28-20/h6,12-16,23,29H,1,7-11H2,2-5H3. The number of likely N-dealkylation sites (tertiary alicyclic amines) is 1. The molecular weight excluding hydrogens is 507 g/mol. The van der Waals surface area contributed by atoms with Crippen LogP contribution in [0, 0.1) is 5.92 Å². The zero-order valence-corrected chi connectivity index (χ0v) is 22.8. The maximum absolute atomic E-state index is 13.0. The highest BCUT2D eigenvalue weighted by Crippen LogP contribution is 2.41. The molecule has 1 aromatic carbocycles. The number of aryl methyl sites for hydroxylation is 1. The second kappa shape index (κ2) is 11.8. The summed E-state index contributed by atoms with van der Waals surface area (Å²) < 4.78 is 11.0. The zero-order chi connectivity index (χ0) is 25.8. The minimum absolute atomic E-state index is 0.0117. The number of carbonyl (C=O) groups excluding carboxylic acids is 1. The van der Waals surface area contributed by atoms with Gasteiger partial charge in [-0.3, -0.25) is 14.3 Å². The second-order valence-electron chi connectivity index (χ2n) is 9.57. The largest absolute Gasteiger partial charge is 0.489 e. The summed E-state index contributed by atoms with van der Waals surface area (Å²) in [6.07, 6.45) is 5.91. The fraction of sp³-hybridized carbons (Fsp3) is 0.480. The number of amides is 1. The third-order valence-electron chi connectivity index (χ3n) is 5.73. The molecule has 190 valence electrons. The summed E-state index contributed by atoms with van der Waals surface area (Å²) >= 11 is 14.4. The van der Waals surface area contributed by atoms with E-state index in [0.29, 0.717) is 35.5 Å². The van der Waals surface area contributed by atoms with E-state index in [4.69, 9.17) is 27.9 Å². The molecule has 1 unspecified atom stereocenters. The first-order chi connectivity index (χ1) is 16.5. The van der Waals surface area contributed by atoms with Crippen LogP contribution in [0.4, 0.5) is 0 Å². The van der Waals surface area contributed by atoms with Gasteiger partial charge in [-0.1, -0.05) is 47.8 Å². The van der Waals surface area contributed by atoms with Gasteiger partial charge in [0.25, 0.3) is 11.5 Å². The number of carbonyl (C=O) groups is 1. The monoisotopic (exact) mass is 538 g/mol. The maximum atomic E-state index is 13.0. The molecule has 35 heavy (non-hydrogen) atoms. The van der Waals surface area contributed by atoms with Crippen LogP contribution < -0.4 is 15.0 Å². The predicted molar refractivity (Wildman–Crippen MR) is 143 cm³/mol. The molecule has 0 spiro atoms.